The lowest BCUT2D eigenvalue weighted by Crippen LogP contribution is -2.69. The second kappa shape index (κ2) is 6.53. The van der Waals surface area contributed by atoms with Crippen LogP contribution in [0.3, 0.4) is 0 Å². The van der Waals surface area contributed by atoms with E-state index in [4.69, 9.17) is 0 Å². The molecule has 0 saturated heterocycles. The average molecular weight is 431 g/mol. The number of aliphatic hydroxyl groups is 2. The van der Waals surface area contributed by atoms with E-state index in [1.54, 1.807) is 0 Å². The highest BCUT2D eigenvalue weighted by Gasteiger charge is 2.71. The van der Waals surface area contributed by atoms with Gasteiger partial charge in [0.15, 0.2) is 0 Å². The Morgan fingerprint density at radius 2 is 1.06 bits per heavy atom. The number of aliphatic hydroxyl groups excluding tert-OH is 1. The van der Waals surface area contributed by atoms with E-state index in [-0.39, 0.29) is 11.3 Å². The standard InChI is InChI=1S/C29H50O2/c1-24(2)14-8-15-25(3)19(24)11-17-27(5)20(25)9-10-21-26(4)16-13-23(30)29(7,31)22(26)12-18-28(21,27)6/h19-23,30-31H,8-18H2,1-7H3. The second-order valence-corrected chi connectivity index (χ2v) is 14.8. The van der Waals surface area contributed by atoms with Crippen LogP contribution in [-0.2, 0) is 0 Å². The second-order valence-electron chi connectivity index (χ2n) is 14.8. The van der Waals surface area contributed by atoms with Crippen LogP contribution in [0.2, 0.25) is 0 Å². The molecule has 5 fully saturated rings. The highest BCUT2D eigenvalue weighted by atomic mass is 16.3. The van der Waals surface area contributed by atoms with Crippen molar-refractivity contribution in [2.75, 3.05) is 0 Å². The quantitative estimate of drug-likeness (QED) is 0.435. The van der Waals surface area contributed by atoms with Gasteiger partial charge in [0.25, 0.3) is 0 Å². The van der Waals surface area contributed by atoms with Crippen LogP contribution in [0.15, 0.2) is 0 Å². The van der Waals surface area contributed by atoms with E-state index in [2.05, 4.69) is 41.5 Å². The van der Waals surface area contributed by atoms with Gasteiger partial charge in [0.2, 0.25) is 0 Å². The Labute approximate surface area is 192 Å². The van der Waals surface area contributed by atoms with E-state index in [1.807, 2.05) is 6.92 Å². The molecule has 0 aromatic heterocycles. The zero-order valence-corrected chi connectivity index (χ0v) is 21.6. The first-order valence-corrected chi connectivity index (χ1v) is 13.6. The zero-order chi connectivity index (χ0) is 22.7. The largest absolute Gasteiger partial charge is 0.390 e. The van der Waals surface area contributed by atoms with Crippen molar-refractivity contribution in [1.29, 1.82) is 0 Å². The monoisotopic (exact) mass is 430 g/mol. The lowest BCUT2D eigenvalue weighted by molar-refractivity contribution is -0.275. The van der Waals surface area contributed by atoms with Gasteiger partial charge in [-0.3, -0.25) is 0 Å². The summed E-state index contributed by atoms with van der Waals surface area (Å²) in [6, 6.07) is 0. The van der Waals surface area contributed by atoms with Crippen LogP contribution in [0.25, 0.3) is 0 Å². The maximum absolute atomic E-state index is 11.4. The number of hydrogen-bond donors (Lipinski definition) is 2. The fraction of sp³-hybridized carbons (Fsp3) is 1.00. The first-order valence-electron chi connectivity index (χ1n) is 13.6. The summed E-state index contributed by atoms with van der Waals surface area (Å²) >= 11 is 0. The molecule has 0 amide bonds. The van der Waals surface area contributed by atoms with Gasteiger partial charge < -0.3 is 10.2 Å². The van der Waals surface area contributed by atoms with Gasteiger partial charge >= 0.3 is 0 Å². The van der Waals surface area contributed by atoms with Gasteiger partial charge in [0.05, 0.1) is 11.7 Å². The van der Waals surface area contributed by atoms with E-state index < -0.39 is 11.7 Å². The molecule has 178 valence electrons. The van der Waals surface area contributed by atoms with E-state index in [0.29, 0.717) is 27.6 Å². The molecule has 2 N–H and O–H groups in total. The molecule has 10 unspecified atom stereocenters. The molecule has 10 atom stereocenters. The Morgan fingerprint density at radius 3 is 1.65 bits per heavy atom. The summed E-state index contributed by atoms with van der Waals surface area (Å²) < 4.78 is 0. The Hall–Kier alpha value is -0.0800. The van der Waals surface area contributed by atoms with Gasteiger partial charge in [-0.2, -0.15) is 0 Å². The molecule has 31 heavy (non-hydrogen) atoms. The van der Waals surface area contributed by atoms with Crippen LogP contribution in [0.5, 0.6) is 0 Å². The molecule has 0 spiro atoms. The lowest BCUT2D eigenvalue weighted by atomic mass is 9.31. The van der Waals surface area contributed by atoms with Crippen LogP contribution in [0, 0.1) is 50.7 Å². The Morgan fingerprint density at radius 1 is 0.548 bits per heavy atom. The topological polar surface area (TPSA) is 40.5 Å². The summed E-state index contributed by atoms with van der Waals surface area (Å²) in [5, 5.41) is 22.0. The number of hydrogen-bond acceptors (Lipinski definition) is 2. The van der Waals surface area contributed by atoms with Gasteiger partial charge in [-0.25, -0.2) is 0 Å². The minimum absolute atomic E-state index is 0.160. The Balaban J connectivity index is 1.54. The molecule has 0 bridgehead atoms. The molecule has 5 saturated carbocycles. The van der Waals surface area contributed by atoms with Gasteiger partial charge in [0.1, 0.15) is 0 Å². The molecular weight excluding hydrogens is 380 g/mol. The minimum Gasteiger partial charge on any atom is -0.390 e. The SMILES string of the molecule is CC1(C)CCCC2(C)C1CCC1(C)C2CCC2C3(C)CCC(O)C(C)(O)C3CCC21C. The van der Waals surface area contributed by atoms with Crippen molar-refractivity contribution in [3.63, 3.8) is 0 Å². The summed E-state index contributed by atoms with van der Waals surface area (Å²) in [6.07, 6.45) is 13.4. The molecule has 0 radical (unpaired) electrons. The van der Waals surface area contributed by atoms with Gasteiger partial charge in [0, 0.05) is 0 Å². The predicted molar refractivity (Wildman–Crippen MR) is 128 cm³/mol. The van der Waals surface area contributed by atoms with Crippen molar-refractivity contribution in [3.05, 3.63) is 0 Å². The van der Waals surface area contributed by atoms with E-state index in [1.165, 1.54) is 51.4 Å². The average Bonchev–Trinajstić information content (AvgIpc) is 2.65. The maximum atomic E-state index is 11.4. The smallest absolute Gasteiger partial charge is 0.0910 e. The summed E-state index contributed by atoms with van der Waals surface area (Å²) in [5.41, 5.74) is 0.985. The van der Waals surface area contributed by atoms with Crippen LogP contribution in [-0.4, -0.2) is 21.9 Å². The lowest BCUT2D eigenvalue weighted by Gasteiger charge is -2.74. The van der Waals surface area contributed by atoms with Crippen molar-refractivity contribution < 1.29 is 10.2 Å². The fourth-order valence-corrected chi connectivity index (χ4v) is 11.8. The first-order chi connectivity index (χ1) is 14.2. The molecule has 5 aliphatic rings. The van der Waals surface area contributed by atoms with Crippen molar-refractivity contribution in [3.8, 4) is 0 Å². The molecule has 0 heterocycles. The molecule has 5 rings (SSSR count). The van der Waals surface area contributed by atoms with Crippen LogP contribution >= 0.6 is 0 Å². The van der Waals surface area contributed by atoms with Crippen LogP contribution in [0.4, 0.5) is 0 Å². The maximum Gasteiger partial charge on any atom is 0.0910 e. The number of fused-ring (bicyclic) bond motifs is 7. The zero-order valence-electron chi connectivity index (χ0n) is 21.6. The van der Waals surface area contributed by atoms with Gasteiger partial charge in [-0.05, 0) is 122 Å². The normalized spacial score (nSPS) is 60.9. The first kappa shape index (κ1) is 22.7. The molecule has 2 nitrogen and oxygen atoms in total. The van der Waals surface area contributed by atoms with Crippen molar-refractivity contribution in [1.82, 2.24) is 0 Å². The van der Waals surface area contributed by atoms with Crippen LogP contribution in [0.1, 0.15) is 119 Å². The molecule has 5 aliphatic carbocycles. The Kier molecular flexibility index (Phi) is 4.78. The van der Waals surface area contributed by atoms with Gasteiger partial charge in [-0.1, -0.05) is 48.0 Å². The van der Waals surface area contributed by atoms with Gasteiger partial charge in [-0.15, -0.1) is 0 Å². The van der Waals surface area contributed by atoms with Crippen molar-refractivity contribution in [2.24, 2.45) is 50.7 Å². The molecule has 0 aromatic rings. The number of rotatable bonds is 0. The Bertz CT molecular complexity index is 741. The molecule has 0 aromatic carbocycles. The minimum atomic E-state index is -0.927. The van der Waals surface area contributed by atoms with E-state index >= 15 is 0 Å². The molecular formula is C29H50O2. The molecule has 2 heteroatoms. The molecule has 0 aliphatic heterocycles. The van der Waals surface area contributed by atoms with Crippen molar-refractivity contribution in [2.45, 2.75) is 131 Å². The van der Waals surface area contributed by atoms with E-state index in [9.17, 15) is 10.2 Å². The summed E-state index contributed by atoms with van der Waals surface area (Å²) in [7, 11) is 0. The van der Waals surface area contributed by atoms with Crippen molar-refractivity contribution >= 4 is 0 Å². The van der Waals surface area contributed by atoms with E-state index in [0.717, 1.165) is 31.1 Å². The summed E-state index contributed by atoms with van der Waals surface area (Å²) in [6.45, 7) is 17.6. The summed E-state index contributed by atoms with van der Waals surface area (Å²) in [4.78, 5) is 0. The third-order valence-electron chi connectivity index (χ3n) is 13.5. The summed E-state index contributed by atoms with van der Waals surface area (Å²) in [5.74, 6) is 2.64. The third-order valence-corrected chi connectivity index (χ3v) is 13.5. The fourth-order valence-electron chi connectivity index (χ4n) is 11.8. The highest BCUT2D eigenvalue weighted by Crippen LogP contribution is 2.77. The van der Waals surface area contributed by atoms with Crippen LogP contribution < -0.4 is 0 Å². The third kappa shape index (κ3) is 2.64. The predicted octanol–water partition coefficient (Wildman–Crippen LogP) is 6.97. The highest BCUT2D eigenvalue weighted by molar-refractivity contribution is 5.20.